The molecule has 0 aliphatic heterocycles. The molecule has 0 bridgehead atoms. The van der Waals surface area contributed by atoms with Crippen LogP contribution in [0.15, 0.2) is 12.4 Å². The number of aromatic amines is 1. The summed E-state index contributed by atoms with van der Waals surface area (Å²) in [4.78, 5) is 8.28. The van der Waals surface area contributed by atoms with Crippen molar-refractivity contribution in [1.82, 2.24) is 20.2 Å². The van der Waals surface area contributed by atoms with E-state index < -0.39 is 0 Å². The van der Waals surface area contributed by atoms with Crippen molar-refractivity contribution in [2.45, 2.75) is 13.3 Å². The van der Waals surface area contributed by atoms with E-state index in [1.807, 2.05) is 6.92 Å². The Labute approximate surface area is 75.2 Å². The molecule has 0 fully saturated rings. The molecular weight excluding hydrogens is 168 g/mol. The van der Waals surface area contributed by atoms with Gasteiger partial charge in [0.25, 0.3) is 0 Å². The van der Waals surface area contributed by atoms with Gasteiger partial charge >= 0.3 is 0 Å². The number of ether oxygens (including phenoxy) is 1. The van der Waals surface area contributed by atoms with Gasteiger partial charge in [-0.15, -0.1) is 0 Å². The van der Waals surface area contributed by atoms with Crippen molar-refractivity contribution in [3.05, 3.63) is 12.4 Å². The van der Waals surface area contributed by atoms with Crippen LogP contribution < -0.4 is 4.74 Å². The maximum Gasteiger partial charge on any atom is 0.233 e. The maximum absolute atomic E-state index is 5.32. The van der Waals surface area contributed by atoms with Crippen LogP contribution in [0.1, 0.15) is 13.3 Å². The summed E-state index contributed by atoms with van der Waals surface area (Å²) < 4.78 is 5.32. The van der Waals surface area contributed by atoms with Gasteiger partial charge in [0.05, 0.1) is 19.0 Å². The quantitative estimate of drug-likeness (QED) is 0.765. The van der Waals surface area contributed by atoms with E-state index in [0.717, 1.165) is 11.9 Å². The summed E-state index contributed by atoms with van der Waals surface area (Å²) in [5.41, 5.74) is 1.41. The Balaban J connectivity index is 2.26. The number of rotatable bonds is 3. The first kappa shape index (κ1) is 7.97. The molecule has 2 heterocycles. The van der Waals surface area contributed by atoms with E-state index in [1.165, 1.54) is 0 Å². The lowest BCUT2D eigenvalue weighted by Crippen LogP contribution is -1.97. The van der Waals surface area contributed by atoms with E-state index in [9.17, 15) is 0 Å². The Kier molecular flexibility index (Phi) is 2.08. The zero-order valence-electron chi connectivity index (χ0n) is 7.32. The second kappa shape index (κ2) is 3.38. The van der Waals surface area contributed by atoms with Crippen LogP contribution in [0.25, 0.3) is 11.2 Å². The predicted octanol–water partition coefficient (Wildman–Crippen LogP) is 1.14. The number of nitrogens with one attached hydrogen (secondary N) is 1. The molecule has 0 aromatic carbocycles. The average molecular weight is 178 g/mol. The summed E-state index contributed by atoms with van der Waals surface area (Å²) in [6, 6.07) is 0. The van der Waals surface area contributed by atoms with Crippen LogP contribution in [0.3, 0.4) is 0 Å². The van der Waals surface area contributed by atoms with Crippen molar-refractivity contribution in [2.75, 3.05) is 6.61 Å². The third-order valence-electron chi connectivity index (χ3n) is 1.59. The van der Waals surface area contributed by atoms with Gasteiger partial charge in [0, 0.05) is 0 Å². The number of fused-ring (bicyclic) bond motifs is 1. The van der Waals surface area contributed by atoms with Crippen molar-refractivity contribution in [2.24, 2.45) is 0 Å². The highest BCUT2D eigenvalue weighted by molar-refractivity contribution is 5.68. The summed E-state index contributed by atoms with van der Waals surface area (Å²) in [5, 5.41) is 6.54. The Morgan fingerprint density at radius 2 is 2.38 bits per heavy atom. The zero-order valence-corrected chi connectivity index (χ0v) is 7.32. The van der Waals surface area contributed by atoms with Crippen LogP contribution >= 0.6 is 0 Å². The van der Waals surface area contributed by atoms with Crippen molar-refractivity contribution < 1.29 is 4.74 Å². The van der Waals surface area contributed by atoms with E-state index in [4.69, 9.17) is 4.74 Å². The molecule has 13 heavy (non-hydrogen) atoms. The molecule has 0 amide bonds. The standard InChI is InChI=1S/C8H10N4O/c1-2-3-13-7-5-9-8-6(11-7)4-10-12-8/h4-5H,2-3H2,1H3,(H,9,10,12). The highest BCUT2D eigenvalue weighted by Gasteiger charge is 2.00. The molecule has 0 saturated heterocycles. The van der Waals surface area contributed by atoms with Gasteiger partial charge in [0.15, 0.2) is 5.65 Å². The van der Waals surface area contributed by atoms with Gasteiger partial charge in [-0.25, -0.2) is 9.97 Å². The van der Waals surface area contributed by atoms with Crippen LogP contribution in [-0.2, 0) is 0 Å². The Morgan fingerprint density at radius 3 is 3.23 bits per heavy atom. The molecule has 0 spiro atoms. The summed E-state index contributed by atoms with van der Waals surface area (Å²) >= 11 is 0. The minimum Gasteiger partial charge on any atom is -0.477 e. The first-order valence-corrected chi connectivity index (χ1v) is 4.19. The first-order valence-electron chi connectivity index (χ1n) is 4.19. The maximum atomic E-state index is 5.32. The number of hydrogen-bond acceptors (Lipinski definition) is 4. The fourth-order valence-corrected chi connectivity index (χ4v) is 0.993. The van der Waals surface area contributed by atoms with Gasteiger partial charge in [0.1, 0.15) is 5.52 Å². The van der Waals surface area contributed by atoms with Crippen molar-refractivity contribution in [1.29, 1.82) is 0 Å². The zero-order chi connectivity index (χ0) is 9.10. The molecule has 0 aliphatic rings. The highest BCUT2D eigenvalue weighted by Crippen LogP contribution is 2.10. The van der Waals surface area contributed by atoms with Crippen LogP contribution in [0, 0.1) is 0 Å². The molecule has 2 aromatic heterocycles. The van der Waals surface area contributed by atoms with E-state index in [1.54, 1.807) is 12.4 Å². The number of hydrogen-bond donors (Lipinski definition) is 1. The van der Waals surface area contributed by atoms with Crippen molar-refractivity contribution in [3.63, 3.8) is 0 Å². The molecule has 0 radical (unpaired) electrons. The smallest absolute Gasteiger partial charge is 0.233 e. The monoisotopic (exact) mass is 178 g/mol. The fraction of sp³-hybridized carbons (Fsp3) is 0.375. The van der Waals surface area contributed by atoms with E-state index in [2.05, 4.69) is 20.2 Å². The largest absolute Gasteiger partial charge is 0.477 e. The van der Waals surface area contributed by atoms with Crippen LogP contribution in [0.4, 0.5) is 0 Å². The van der Waals surface area contributed by atoms with E-state index in [-0.39, 0.29) is 0 Å². The third kappa shape index (κ3) is 1.58. The second-order valence-corrected chi connectivity index (χ2v) is 2.66. The molecule has 5 heteroatoms. The topological polar surface area (TPSA) is 63.7 Å². The summed E-state index contributed by atoms with van der Waals surface area (Å²) in [6.45, 7) is 2.71. The van der Waals surface area contributed by atoms with Gasteiger partial charge in [0.2, 0.25) is 5.88 Å². The lowest BCUT2D eigenvalue weighted by molar-refractivity contribution is 0.305. The first-order chi connectivity index (χ1) is 6.40. The molecule has 0 atom stereocenters. The minimum absolute atomic E-state index is 0.552. The molecule has 5 nitrogen and oxygen atoms in total. The lowest BCUT2D eigenvalue weighted by atomic mass is 10.5. The van der Waals surface area contributed by atoms with Crippen LogP contribution in [0.5, 0.6) is 5.88 Å². The van der Waals surface area contributed by atoms with E-state index >= 15 is 0 Å². The SMILES string of the molecule is CCCOc1cnc2[nH]ncc2n1. The Bertz CT molecular complexity index is 398. The normalized spacial score (nSPS) is 10.5. The lowest BCUT2D eigenvalue weighted by Gasteiger charge is -2.00. The van der Waals surface area contributed by atoms with E-state index in [0.29, 0.717) is 18.1 Å². The number of aromatic nitrogens is 4. The van der Waals surface area contributed by atoms with Crippen molar-refractivity contribution >= 4 is 11.2 Å². The molecular formula is C8H10N4O. The fourth-order valence-electron chi connectivity index (χ4n) is 0.993. The molecule has 2 aromatic rings. The molecule has 0 aliphatic carbocycles. The second-order valence-electron chi connectivity index (χ2n) is 2.66. The molecule has 1 N–H and O–H groups in total. The Hall–Kier alpha value is -1.65. The molecule has 2 rings (SSSR count). The number of nitrogens with zero attached hydrogens (tertiary/aromatic N) is 3. The van der Waals surface area contributed by atoms with Crippen LogP contribution in [-0.4, -0.2) is 26.8 Å². The van der Waals surface area contributed by atoms with Gasteiger partial charge in [-0.1, -0.05) is 6.92 Å². The number of H-pyrrole nitrogens is 1. The van der Waals surface area contributed by atoms with Gasteiger partial charge < -0.3 is 4.74 Å². The summed E-state index contributed by atoms with van der Waals surface area (Å²) in [7, 11) is 0. The third-order valence-corrected chi connectivity index (χ3v) is 1.59. The van der Waals surface area contributed by atoms with Crippen molar-refractivity contribution in [3.8, 4) is 5.88 Å². The molecule has 0 unspecified atom stereocenters. The summed E-state index contributed by atoms with van der Waals surface area (Å²) in [5.74, 6) is 0.552. The molecule has 0 saturated carbocycles. The average Bonchev–Trinajstić information content (AvgIpc) is 2.61. The summed E-state index contributed by atoms with van der Waals surface area (Å²) in [6.07, 6.45) is 4.18. The highest BCUT2D eigenvalue weighted by atomic mass is 16.5. The van der Waals surface area contributed by atoms with Gasteiger partial charge in [-0.3, -0.25) is 5.10 Å². The van der Waals surface area contributed by atoms with Gasteiger partial charge in [-0.05, 0) is 6.42 Å². The minimum atomic E-state index is 0.552. The predicted molar refractivity (Wildman–Crippen MR) is 47.5 cm³/mol. The van der Waals surface area contributed by atoms with Gasteiger partial charge in [-0.2, -0.15) is 5.10 Å². The van der Waals surface area contributed by atoms with Crippen LogP contribution in [0.2, 0.25) is 0 Å². The molecule has 68 valence electrons. The Morgan fingerprint density at radius 1 is 1.46 bits per heavy atom.